The molecule has 0 bridgehead atoms. The number of esters is 2. The van der Waals surface area contributed by atoms with Crippen molar-refractivity contribution >= 4 is 17.9 Å². The molecule has 0 heterocycles. The number of carboxylic acid groups (broad SMARTS) is 1. The van der Waals surface area contributed by atoms with E-state index in [4.69, 9.17) is 14.2 Å². The Morgan fingerprint density at radius 1 is 0.588 bits per heavy atom. The quantitative estimate of drug-likeness (QED) is 0.0309. The van der Waals surface area contributed by atoms with Crippen LogP contribution in [0.2, 0.25) is 0 Å². The highest BCUT2D eigenvalue weighted by molar-refractivity contribution is 5.70. The summed E-state index contributed by atoms with van der Waals surface area (Å²) in [5, 5.41) is 11.6. The Morgan fingerprint density at radius 2 is 1.04 bits per heavy atom. The Hall–Kier alpha value is -3.75. The molecule has 0 saturated heterocycles. The number of hydrogen-bond acceptors (Lipinski definition) is 7. The van der Waals surface area contributed by atoms with Crippen molar-refractivity contribution in [1.29, 1.82) is 0 Å². The third-order valence-corrected chi connectivity index (χ3v) is 7.48. The van der Waals surface area contributed by atoms with Crippen molar-refractivity contribution in [1.82, 2.24) is 0 Å². The van der Waals surface area contributed by atoms with Crippen molar-refractivity contribution in [3.63, 3.8) is 0 Å². The van der Waals surface area contributed by atoms with Crippen LogP contribution in [0.4, 0.5) is 0 Å². The zero-order valence-corrected chi connectivity index (χ0v) is 32.2. The second-order valence-electron chi connectivity index (χ2n) is 13.0. The van der Waals surface area contributed by atoms with Gasteiger partial charge >= 0.3 is 11.9 Å². The van der Waals surface area contributed by atoms with Gasteiger partial charge in [0.15, 0.2) is 6.10 Å². The third-order valence-electron chi connectivity index (χ3n) is 7.48. The molecular weight excluding hydrogens is 642 g/mol. The molecule has 0 aromatic carbocycles. The van der Waals surface area contributed by atoms with Crippen LogP contribution in [0.3, 0.4) is 0 Å². The summed E-state index contributed by atoms with van der Waals surface area (Å²) in [6.07, 6.45) is 43.2. The van der Waals surface area contributed by atoms with E-state index in [2.05, 4.69) is 98.9 Å². The molecule has 0 aliphatic carbocycles. The Morgan fingerprint density at radius 3 is 1.49 bits per heavy atom. The van der Waals surface area contributed by atoms with Crippen LogP contribution in [0, 0.1) is 0 Å². The summed E-state index contributed by atoms with van der Waals surface area (Å²) in [5.41, 5.74) is 0. The minimum Gasteiger partial charge on any atom is -0.544 e. The Labute approximate surface area is 309 Å². The second kappa shape index (κ2) is 33.4. The summed E-state index contributed by atoms with van der Waals surface area (Å²) in [7, 11) is 5.34. The fraction of sp³-hybridized carbons (Fsp3) is 0.558. The Bertz CT molecular complexity index is 1150. The van der Waals surface area contributed by atoms with Gasteiger partial charge in [0, 0.05) is 19.3 Å². The lowest BCUT2D eigenvalue weighted by atomic mass is 10.1. The van der Waals surface area contributed by atoms with Gasteiger partial charge < -0.3 is 28.6 Å². The van der Waals surface area contributed by atoms with E-state index in [9.17, 15) is 19.5 Å². The molecule has 0 saturated carbocycles. The van der Waals surface area contributed by atoms with Crippen LogP contribution in [0.15, 0.2) is 97.2 Å². The number of aliphatic carboxylic acids is 1. The Balaban J connectivity index is 4.63. The van der Waals surface area contributed by atoms with Crippen molar-refractivity contribution in [2.24, 2.45) is 0 Å². The summed E-state index contributed by atoms with van der Waals surface area (Å²) in [6.45, 7) is 4.24. The minimum atomic E-state index is -1.15. The van der Waals surface area contributed by atoms with Gasteiger partial charge in [-0.2, -0.15) is 0 Å². The van der Waals surface area contributed by atoms with Gasteiger partial charge in [0.05, 0.1) is 40.3 Å². The van der Waals surface area contributed by atoms with Crippen LogP contribution >= 0.6 is 0 Å². The molecule has 0 spiro atoms. The molecule has 0 radical (unpaired) electrons. The summed E-state index contributed by atoms with van der Waals surface area (Å²) in [6, 6.07) is -0.749. The van der Waals surface area contributed by atoms with Crippen molar-refractivity contribution < 1.29 is 38.2 Å². The number of allylic oxidation sites excluding steroid dienone is 16. The lowest BCUT2D eigenvalue weighted by Crippen LogP contribution is -2.55. The van der Waals surface area contributed by atoms with Crippen molar-refractivity contribution in [2.75, 3.05) is 41.0 Å². The van der Waals surface area contributed by atoms with Crippen molar-refractivity contribution in [3.8, 4) is 0 Å². The van der Waals surface area contributed by atoms with Crippen LogP contribution in [-0.4, -0.2) is 75.5 Å². The van der Waals surface area contributed by atoms with Crippen LogP contribution in [0.5, 0.6) is 0 Å². The number of rotatable bonds is 31. The van der Waals surface area contributed by atoms with Gasteiger partial charge in [0.2, 0.25) is 0 Å². The molecule has 0 aromatic rings. The molecule has 0 aliphatic rings. The van der Waals surface area contributed by atoms with E-state index in [1.54, 1.807) is 21.1 Å². The number of ether oxygens (including phenoxy) is 3. The molecule has 2 atom stereocenters. The lowest BCUT2D eigenvalue weighted by molar-refractivity contribution is -0.889. The van der Waals surface area contributed by atoms with E-state index in [0.29, 0.717) is 12.8 Å². The second-order valence-corrected chi connectivity index (χ2v) is 13.0. The number of carbonyl (C=O) groups is 3. The van der Waals surface area contributed by atoms with Crippen LogP contribution in [-0.2, 0) is 28.6 Å². The molecule has 0 amide bonds. The summed E-state index contributed by atoms with van der Waals surface area (Å²) >= 11 is 0. The monoisotopic (exact) mass is 709 g/mol. The third kappa shape index (κ3) is 31.9. The SMILES string of the molecule is CC/C=C/C/C=C/C/C=C/C/C=C/C/C=C/CCC(=O)OCC(COCCC(C(=O)[O-])[N+](C)(C)C)OC(=O)CCC/C=C/C/C=C/C/C=C/CC. The number of nitrogens with zero attached hydrogens (tertiary/aromatic N) is 1. The standard InChI is InChI=1S/C43H67NO7/c1-6-8-10-12-14-16-18-19-20-21-22-24-25-27-29-31-33-41(45)50-38-39(37-49-36-35-40(43(47)48)44(3,4)5)51-42(46)34-32-30-28-26-23-17-15-13-11-9-7-2/h8-11,14-17,19-20,22,24,26-29,39-40H,6-7,12-13,18,21,23,25,30-38H2,1-5H3/b10-8+,11-9+,16-14+,17-15+,20-19+,24-22+,28-26+,29-27+. The largest absolute Gasteiger partial charge is 0.544 e. The summed E-state index contributed by atoms with van der Waals surface area (Å²) in [5.74, 6) is -1.93. The number of carboxylic acids is 1. The molecule has 0 aromatic heterocycles. The molecule has 8 nitrogen and oxygen atoms in total. The van der Waals surface area contributed by atoms with Gasteiger partial charge in [-0.1, -0.05) is 111 Å². The van der Waals surface area contributed by atoms with Gasteiger partial charge in [-0.05, 0) is 70.6 Å². The van der Waals surface area contributed by atoms with Gasteiger partial charge in [0.25, 0.3) is 0 Å². The minimum absolute atomic E-state index is 0.00954. The predicted molar refractivity (Wildman–Crippen MR) is 208 cm³/mol. The van der Waals surface area contributed by atoms with Crippen LogP contribution in [0.1, 0.15) is 104 Å². The molecular formula is C43H67NO7. The number of quaternary nitrogens is 1. The number of carbonyl (C=O) groups excluding carboxylic acids is 3. The molecule has 0 aliphatic heterocycles. The highest BCUT2D eigenvalue weighted by Crippen LogP contribution is 2.09. The first-order valence-electron chi connectivity index (χ1n) is 18.8. The first-order chi connectivity index (χ1) is 24.6. The summed E-state index contributed by atoms with van der Waals surface area (Å²) < 4.78 is 16.9. The smallest absolute Gasteiger partial charge is 0.306 e. The molecule has 0 N–H and O–H groups in total. The molecule has 8 heteroatoms. The highest BCUT2D eigenvalue weighted by atomic mass is 16.6. The molecule has 0 fully saturated rings. The van der Waals surface area contributed by atoms with E-state index in [1.165, 1.54) is 0 Å². The predicted octanol–water partition coefficient (Wildman–Crippen LogP) is 8.23. The topological polar surface area (TPSA) is 102 Å². The van der Waals surface area contributed by atoms with E-state index < -0.39 is 24.1 Å². The average molecular weight is 710 g/mol. The summed E-state index contributed by atoms with van der Waals surface area (Å²) in [4.78, 5) is 36.6. The van der Waals surface area contributed by atoms with Gasteiger partial charge in [-0.15, -0.1) is 0 Å². The molecule has 0 rings (SSSR count). The van der Waals surface area contributed by atoms with Gasteiger partial charge in [-0.3, -0.25) is 9.59 Å². The van der Waals surface area contributed by atoms with E-state index in [0.717, 1.165) is 57.8 Å². The Kier molecular flexibility index (Phi) is 30.9. The lowest BCUT2D eigenvalue weighted by Gasteiger charge is -2.34. The van der Waals surface area contributed by atoms with Gasteiger partial charge in [0.1, 0.15) is 12.6 Å². The zero-order valence-electron chi connectivity index (χ0n) is 32.2. The molecule has 2 unspecified atom stereocenters. The first kappa shape index (κ1) is 47.2. The fourth-order valence-corrected chi connectivity index (χ4v) is 4.61. The normalized spacial score (nSPS) is 14.1. The average Bonchev–Trinajstić information content (AvgIpc) is 3.08. The maximum absolute atomic E-state index is 12.6. The fourth-order valence-electron chi connectivity index (χ4n) is 4.61. The number of unbranched alkanes of at least 4 members (excludes halogenated alkanes) is 1. The zero-order chi connectivity index (χ0) is 37.8. The van der Waals surface area contributed by atoms with Crippen LogP contribution < -0.4 is 5.11 Å². The number of likely N-dealkylation sites (N-methyl/N-ethyl adjacent to an activating group) is 1. The van der Waals surface area contributed by atoms with Gasteiger partial charge in [-0.25, -0.2) is 0 Å². The molecule has 286 valence electrons. The van der Waals surface area contributed by atoms with E-state index in [1.807, 2.05) is 12.2 Å². The van der Waals surface area contributed by atoms with Crippen molar-refractivity contribution in [2.45, 2.75) is 116 Å². The molecule has 51 heavy (non-hydrogen) atoms. The first-order valence-corrected chi connectivity index (χ1v) is 18.8. The van der Waals surface area contributed by atoms with E-state index in [-0.39, 0.29) is 49.5 Å². The van der Waals surface area contributed by atoms with E-state index >= 15 is 0 Å². The van der Waals surface area contributed by atoms with Crippen LogP contribution in [0.25, 0.3) is 0 Å². The van der Waals surface area contributed by atoms with Crippen molar-refractivity contribution in [3.05, 3.63) is 97.2 Å². The maximum atomic E-state index is 12.6. The maximum Gasteiger partial charge on any atom is 0.306 e. The highest BCUT2D eigenvalue weighted by Gasteiger charge is 2.25. The number of hydrogen-bond donors (Lipinski definition) is 0.